The molecule has 0 radical (unpaired) electrons. The van der Waals surface area contributed by atoms with E-state index in [2.05, 4.69) is 27.1 Å². The van der Waals surface area contributed by atoms with Crippen molar-refractivity contribution >= 4 is 29.0 Å². The van der Waals surface area contributed by atoms with E-state index < -0.39 is 23.2 Å². The van der Waals surface area contributed by atoms with Crippen LogP contribution in [0.15, 0.2) is 83.6 Å². The minimum Gasteiger partial charge on any atom is -0.383 e. The number of allylic oxidation sites excluding steroid dienone is 1. The van der Waals surface area contributed by atoms with Crippen molar-refractivity contribution in [1.82, 2.24) is 14.8 Å². The number of benzene rings is 2. The maximum Gasteiger partial charge on any atom is 0.433 e. The predicted octanol–water partition coefficient (Wildman–Crippen LogP) is 7.28. The van der Waals surface area contributed by atoms with E-state index in [9.17, 15) is 13.2 Å². The molecule has 5 rings (SSSR count). The number of fused-ring (bicyclic) bond motifs is 1. The number of nitrogens with zero attached hydrogens (tertiary/aromatic N) is 4. The number of nitrogens with one attached hydrogen (secondary N) is 1. The molecule has 1 aliphatic rings. The Labute approximate surface area is 247 Å². The Kier molecular flexibility index (Phi) is 8.36. The van der Waals surface area contributed by atoms with Crippen molar-refractivity contribution in [1.29, 1.82) is 0 Å². The number of hydrogen-bond acceptors (Lipinski definition) is 6. The van der Waals surface area contributed by atoms with Crippen molar-refractivity contribution in [2.75, 3.05) is 11.1 Å². The maximum atomic E-state index is 15.0. The molecule has 7 nitrogen and oxygen atoms in total. The Morgan fingerprint density at radius 2 is 1.95 bits per heavy atom. The fourth-order valence-corrected chi connectivity index (χ4v) is 5.28. The van der Waals surface area contributed by atoms with Gasteiger partial charge in [0.2, 0.25) is 0 Å². The van der Waals surface area contributed by atoms with E-state index in [1.807, 2.05) is 13.0 Å². The molecule has 0 bridgehead atoms. The molecule has 0 amide bonds. The number of halogens is 4. The highest BCUT2D eigenvalue weighted by atomic mass is 19.4. The second-order valence-corrected chi connectivity index (χ2v) is 10.8. The molecule has 1 aliphatic carbocycles. The van der Waals surface area contributed by atoms with Gasteiger partial charge in [-0.1, -0.05) is 31.1 Å². The number of rotatable bonds is 11. The molecule has 1 fully saturated rings. The minimum atomic E-state index is -4.69. The lowest BCUT2D eigenvalue weighted by molar-refractivity contribution is -0.142. The molecule has 5 N–H and O–H groups in total. The summed E-state index contributed by atoms with van der Waals surface area (Å²) in [6.07, 6.45) is 5.96. The first-order valence-electron chi connectivity index (χ1n) is 14.0. The fraction of sp³-hybridized carbons (Fsp3) is 0.281. The normalized spacial score (nSPS) is 15.6. The molecule has 1 unspecified atom stereocenters. The fourth-order valence-electron chi connectivity index (χ4n) is 5.28. The molecule has 0 saturated heterocycles. The number of nitrogens with two attached hydrogens (primary N) is 2. The number of aliphatic imine (C=N–C) groups is 1. The predicted molar refractivity (Wildman–Crippen MR) is 162 cm³/mol. The van der Waals surface area contributed by atoms with Crippen LogP contribution in [0.1, 0.15) is 49.6 Å². The van der Waals surface area contributed by atoms with E-state index in [0.717, 1.165) is 41.0 Å². The molecule has 1 saturated carbocycles. The third kappa shape index (κ3) is 6.46. The van der Waals surface area contributed by atoms with Crippen LogP contribution in [0.4, 0.5) is 29.1 Å². The molecular weight excluding hydrogens is 558 g/mol. The van der Waals surface area contributed by atoms with Gasteiger partial charge in [-0.25, -0.2) is 14.1 Å². The summed E-state index contributed by atoms with van der Waals surface area (Å²) >= 11 is 0. The SMILES string of the molecule is C=N/C=C\C(=C/C)C(N)(CCC1CC1)c1ccc(F)c(NCc2cc(C(F)(F)F)n(-c3ccc4ccnc(N)c4c3)n2)c1. The maximum absolute atomic E-state index is 15.0. The van der Waals surface area contributed by atoms with Crippen LogP contribution in [0.2, 0.25) is 0 Å². The number of pyridine rings is 1. The van der Waals surface area contributed by atoms with Crippen LogP contribution in [0, 0.1) is 11.7 Å². The lowest BCUT2D eigenvalue weighted by atomic mass is 9.78. The van der Waals surface area contributed by atoms with E-state index >= 15 is 4.39 Å². The number of aromatic nitrogens is 3. The molecule has 0 aliphatic heterocycles. The van der Waals surface area contributed by atoms with Crippen LogP contribution in [0.5, 0.6) is 0 Å². The topological polar surface area (TPSA) is 107 Å². The van der Waals surface area contributed by atoms with Gasteiger partial charge in [0.15, 0.2) is 0 Å². The summed E-state index contributed by atoms with van der Waals surface area (Å²) in [5.74, 6) is 0.253. The molecule has 0 spiro atoms. The molecule has 11 heteroatoms. The number of anilines is 2. The zero-order valence-corrected chi connectivity index (χ0v) is 23.7. The number of nitrogen functional groups attached to an aromatic ring is 1. The van der Waals surface area contributed by atoms with Gasteiger partial charge >= 0.3 is 6.18 Å². The summed E-state index contributed by atoms with van der Waals surface area (Å²) in [6.45, 7) is 5.21. The van der Waals surface area contributed by atoms with Gasteiger partial charge < -0.3 is 16.8 Å². The van der Waals surface area contributed by atoms with Crippen molar-refractivity contribution in [3.8, 4) is 5.69 Å². The largest absolute Gasteiger partial charge is 0.433 e. The van der Waals surface area contributed by atoms with Gasteiger partial charge in [-0.2, -0.15) is 18.3 Å². The van der Waals surface area contributed by atoms with E-state index in [1.165, 1.54) is 24.4 Å². The molecule has 1 atom stereocenters. The van der Waals surface area contributed by atoms with Crippen molar-refractivity contribution in [2.45, 2.75) is 50.9 Å². The quantitative estimate of drug-likeness (QED) is 0.0966. The van der Waals surface area contributed by atoms with Gasteiger partial charge in [-0.15, -0.1) is 0 Å². The van der Waals surface area contributed by atoms with Crippen molar-refractivity contribution in [3.05, 3.63) is 101 Å². The Morgan fingerprint density at radius 1 is 1.16 bits per heavy atom. The Balaban J connectivity index is 1.46. The number of alkyl halides is 3. The van der Waals surface area contributed by atoms with E-state index in [-0.39, 0.29) is 29.4 Å². The first-order chi connectivity index (χ1) is 20.5. The van der Waals surface area contributed by atoms with Gasteiger partial charge in [0.1, 0.15) is 17.3 Å². The summed E-state index contributed by atoms with van der Waals surface area (Å²) < 4.78 is 58.0. The highest BCUT2D eigenvalue weighted by Gasteiger charge is 2.37. The molecule has 2 heterocycles. The van der Waals surface area contributed by atoms with Gasteiger partial charge in [0, 0.05) is 17.8 Å². The Morgan fingerprint density at radius 3 is 2.65 bits per heavy atom. The molecule has 2 aromatic heterocycles. The van der Waals surface area contributed by atoms with Gasteiger partial charge in [-0.05, 0) is 91.4 Å². The summed E-state index contributed by atoms with van der Waals surface area (Å²) in [5.41, 5.74) is 12.9. The van der Waals surface area contributed by atoms with Gasteiger partial charge in [-0.3, -0.25) is 4.99 Å². The summed E-state index contributed by atoms with van der Waals surface area (Å²) in [7, 11) is 0. The smallest absolute Gasteiger partial charge is 0.383 e. The third-order valence-electron chi connectivity index (χ3n) is 7.85. The van der Waals surface area contributed by atoms with Crippen LogP contribution < -0.4 is 16.8 Å². The van der Waals surface area contributed by atoms with Gasteiger partial charge in [0.05, 0.1) is 29.2 Å². The van der Waals surface area contributed by atoms with Gasteiger partial charge in [0.25, 0.3) is 0 Å². The molecular formula is C32H33F4N7. The minimum absolute atomic E-state index is 0.0678. The molecule has 43 heavy (non-hydrogen) atoms. The highest BCUT2D eigenvalue weighted by Crippen LogP contribution is 2.41. The van der Waals surface area contributed by atoms with Crippen LogP contribution in [0.3, 0.4) is 0 Å². The second-order valence-electron chi connectivity index (χ2n) is 10.8. The Hall–Kier alpha value is -4.51. The Bertz CT molecular complexity index is 1700. The van der Waals surface area contributed by atoms with Crippen molar-refractivity contribution < 1.29 is 17.6 Å². The van der Waals surface area contributed by atoms with E-state index in [1.54, 1.807) is 36.5 Å². The zero-order chi connectivity index (χ0) is 30.8. The van der Waals surface area contributed by atoms with Crippen LogP contribution in [-0.4, -0.2) is 21.5 Å². The lowest BCUT2D eigenvalue weighted by Gasteiger charge is -2.32. The first-order valence-corrected chi connectivity index (χ1v) is 14.0. The number of hydrogen-bond donors (Lipinski definition) is 3. The summed E-state index contributed by atoms with van der Waals surface area (Å²) in [5, 5.41) is 8.40. The third-order valence-corrected chi connectivity index (χ3v) is 7.85. The van der Waals surface area contributed by atoms with Crippen LogP contribution in [0.25, 0.3) is 16.5 Å². The van der Waals surface area contributed by atoms with E-state index in [4.69, 9.17) is 11.5 Å². The lowest BCUT2D eigenvalue weighted by Crippen LogP contribution is -2.38. The van der Waals surface area contributed by atoms with Crippen molar-refractivity contribution in [3.63, 3.8) is 0 Å². The molecule has 224 valence electrons. The molecule has 2 aromatic carbocycles. The standard InChI is InChI=1S/C32H33F4N7/c1-3-22(12-14-39-2)31(38,13-10-20-4-5-20)23-7-9-27(33)28(16-23)41-19-24-17-29(32(34,35)36)43(42-24)25-8-6-21-11-15-40-30(37)26(21)18-25/h3,6-9,11-12,14-18,20,41H,2,4-5,10,13,19,38H2,1H3,(H2,37,40)/b14-12-,22-3+. The average molecular weight is 592 g/mol. The monoisotopic (exact) mass is 591 g/mol. The first kappa shape index (κ1) is 30.0. The second kappa shape index (κ2) is 12.0. The van der Waals surface area contributed by atoms with Crippen molar-refractivity contribution in [2.24, 2.45) is 16.6 Å². The average Bonchev–Trinajstić information content (AvgIpc) is 3.71. The molecule has 4 aromatic rings. The summed E-state index contributed by atoms with van der Waals surface area (Å²) in [6, 6.07) is 11.9. The van der Waals surface area contributed by atoms with E-state index in [0.29, 0.717) is 23.3 Å². The highest BCUT2D eigenvalue weighted by molar-refractivity contribution is 5.92. The zero-order valence-electron chi connectivity index (χ0n) is 23.7. The van der Waals surface area contributed by atoms with Crippen LogP contribution in [-0.2, 0) is 18.3 Å². The summed E-state index contributed by atoms with van der Waals surface area (Å²) in [4.78, 5) is 7.83. The van der Waals surface area contributed by atoms with Crippen LogP contribution >= 0.6 is 0 Å².